The van der Waals surface area contributed by atoms with E-state index < -0.39 is 0 Å². The number of amides is 1. The van der Waals surface area contributed by atoms with Gasteiger partial charge in [0.2, 0.25) is 5.91 Å². The van der Waals surface area contributed by atoms with Crippen LogP contribution in [0.2, 0.25) is 0 Å². The molecule has 16 heavy (non-hydrogen) atoms. The van der Waals surface area contributed by atoms with E-state index in [4.69, 9.17) is 5.73 Å². The van der Waals surface area contributed by atoms with Crippen LogP contribution in [-0.2, 0) is 4.79 Å². The van der Waals surface area contributed by atoms with Gasteiger partial charge in [0.25, 0.3) is 0 Å². The predicted octanol–water partition coefficient (Wildman–Crippen LogP) is 1.81. The van der Waals surface area contributed by atoms with Gasteiger partial charge in [-0.1, -0.05) is 25.7 Å². The molecule has 1 amide bonds. The summed E-state index contributed by atoms with van der Waals surface area (Å²) >= 11 is 0. The van der Waals surface area contributed by atoms with E-state index in [9.17, 15) is 4.79 Å². The number of rotatable bonds is 6. The van der Waals surface area contributed by atoms with Gasteiger partial charge in [-0.05, 0) is 37.1 Å². The molecule has 0 spiro atoms. The standard InChI is InChI=1S/C13H24N2O/c14-9-13(7-8-13)10-15-12(16)6-5-11-3-1-2-4-11/h11H,1-10,14H2,(H,15,16). The molecule has 0 radical (unpaired) electrons. The van der Waals surface area contributed by atoms with Crippen molar-refractivity contribution in [2.24, 2.45) is 17.1 Å². The molecule has 3 N–H and O–H groups in total. The summed E-state index contributed by atoms with van der Waals surface area (Å²) < 4.78 is 0. The molecule has 2 saturated carbocycles. The number of carbonyl (C=O) groups is 1. The third-order valence-electron chi connectivity index (χ3n) is 4.31. The SMILES string of the molecule is NCC1(CNC(=O)CCC2CCCC2)CC1. The van der Waals surface area contributed by atoms with Crippen LogP contribution in [0.25, 0.3) is 0 Å². The van der Waals surface area contributed by atoms with Crippen LogP contribution in [0.4, 0.5) is 0 Å². The van der Waals surface area contributed by atoms with Crippen molar-refractivity contribution >= 4 is 5.91 Å². The normalized spacial score (nSPS) is 23.3. The highest BCUT2D eigenvalue weighted by Gasteiger charge is 2.41. The Morgan fingerprint density at radius 3 is 2.56 bits per heavy atom. The van der Waals surface area contributed by atoms with Crippen molar-refractivity contribution in [2.45, 2.75) is 51.4 Å². The van der Waals surface area contributed by atoms with Crippen LogP contribution in [0.15, 0.2) is 0 Å². The van der Waals surface area contributed by atoms with Crippen LogP contribution < -0.4 is 11.1 Å². The molecule has 2 aliphatic rings. The molecule has 3 heteroatoms. The molecule has 2 aliphatic carbocycles. The van der Waals surface area contributed by atoms with Gasteiger partial charge in [0, 0.05) is 13.0 Å². The summed E-state index contributed by atoms with van der Waals surface area (Å²) in [4.78, 5) is 11.6. The minimum Gasteiger partial charge on any atom is -0.355 e. The van der Waals surface area contributed by atoms with Crippen molar-refractivity contribution in [3.8, 4) is 0 Å². The third kappa shape index (κ3) is 3.21. The molecule has 2 rings (SSSR count). The third-order valence-corrected chi connectivity index (χ3v) is 4.31. The maximum atomic E-state index is 11.6. The predicted molar refractivity (Wildman–Crippen MR) is 64.9 cm³/mol. The Kier molecular flexibility index (Phi) is 3.85. The van der Waals surface area contributed by atoms with Crippen LogP contribution in [0.1, 0.15) is 51.4 Å². The molecule has 92 valence electrons. The maximum absolute atomic E-state index is 11.6. The van der Waals surface area contributed by atoms with Gasteiger partial charge in [-0.15, -0.1) is 0 Å². The summed E-state index contributed by atoms with van der Waals surface area (Å²) in [7, 11) is 0. The molecule has 0 bridgehead atoms. The average molecular weight is 224 g/mol. The fourth-order valence-electron chi connectivity index (χ4n) is 2.64. The first kappa shape index (κ1) is 11.9. The molecule has 0 aromatic rings. The van der Waals surface area contributed by atoms with Gasteiger partial charge in [0.15, 0.2) is 0 Å². The highest BCUT2D eigenvalue weighted by atomic mass is 16.1. The van der Waals surface area contributed by atoms with Crippen LogP contribution in [0.3, 0.4) is 0 Å². The van der Waals surface area contributed by atoms with Crippen LogP contribution >= 0.6 is 0 Å². The van der Waals surface area contributed by atoms with Crippen molar-refractivity contribution in [1.29, 1.82) is 0 Å². The molecule has 0 heterocycles. The molecule has 2 fully saturated rings. The minimum atomic E-state index is 0.228. The molecular weight excluding hydrogens is 200 g/mol. The molecule has 0 saturated heterocycles. The van der Waals surface area contributed by atoms with E-state index in [0.29, 0.717) is 6.42 Å². The molecular formula is C13H24N2O. The average Bonchev–Trinajstić information content (AvgIpc) is 2.90. The van der Waals surface area contributed by atoms with Crippen molar-refractivity contribution in [1.82, 2.24) is 5.32 Å². The Bertz CT molecular complexity index is 242. The summed E-state index contributed by atoms with van der Waals surface area (Å²) in [5.74, 6) is 1.04. The monoisotopic (exact) mass is 224 g/mol. The van der Waals surface area contributed by atoms with E-state index >= 15 is 0 Å². The quantitative estimate of drug-likeness (QED) is 0.723. The molecule has 0 atom stereocenters. The van der Waals surface area contributed by atoms with E-state index in [0.717, 1.165) is 25.4 Å². The lowest BCUT2D eigenvalue weighted by Crippen LogP contribution is -2.33. The first-order chi connectivity index (χ1) is 7.74. The Balaban J connectivity index is 1.57. The number of nitrogens with one attached hydrogen (secondary N) is 1. The van der Waals surface area contributed by atoms with Crippen LogP contribution in [0, 0.1) is 11.3 Å². The summed E-state index contributed by atoms with van der Waals surface area (Å²) in [6.45, 7) is 1.52. The van der Waals surface area contributed by atoms with E-state index in [1.165, 1.54) is 38.5 Å². The minimum absolute atomic E-state index is 0.228. The van der Waals surface area contributed by atoms with Gasteiger partial charge in [-0.3, -0.25) is 4.79 Å². The second-order valence-electron chi connectivity index (χ2n) is 5.67. The Morgan fingerprint density at radius 1 is 1.31 bits per heavy atom. The lowest BCUT2D eigenvalue weighted by molar-refractivity contribution is -0.121. The number of nitrogens with two attached hydrogens (primary N) is 1. The Morgan fingerprint density at radius 2 is 2.00 bits per heavy atom. The van der Waals surface area contributed by atoms with Crippen molar-refractivity contribution in [3.63, 3.8) is 0 Å². The van der Waals surface area contributed by atoms with Gasteiger partial charge in [0.1, 0.15) is 0 Å². The number of carbonyl (C=O) groups excluding carboxylic acids is 1. The van der Waals surface area contributed by atoms with Crippen molar-refractivity contribution < 1.29 is 4.79 Å². The fraction of sp³-hybridized carbons (Fsp3) is 0.923. The fourth-order valence-corrected chi connectivity index (χ4v) is 2.64. The zero-order valence-corrected chi connectivity index (χ0v) is 10.1. The Labute approximate surface area is 98.2 Å². The van der Waals surface area contributed by atoms with E-state index in [2.05, 4.69) is 5.32 Å². The lowest BCUT2D eigenvalue weighted by atomic mass is 10.0. The number of hydrogen-bond donors (Lipinski definition) is 2. The van der Waals surface area contributed by atoms with Gasteiger partial charge in [0.05, 0.1) is 0 Å². The lowest BCUT2D eigenvalue weighted by Gasteiger charge is -2.14. The van der Waals surface area contributed by atoms with Gasteiger partial charge < -0.3 is 11.1 Å². The molecule has 0 aromatic carbocycles. The summed E-state index contributed by atoms with van der Waals surface area (Å²) in [5.41, 5.74) is 5.94. The molecule has 0 unspecified atom stereocenters. The molecule has 0 aromatic heterocycles. The van der Waals surface area contributed by atoms with Crippen LogP contribution in [0.5, 0.6) is 0 Å². The van der Waals surface area contributed by atoms with Crippen molar-refractivity contribution in [3.05, 3.63) is 0 Å². The largest absolute Gasteiger partial charge is 0.355 e. The summed E-state index contributed by atoms with van der Waals surface area (Å²) in [5, 5.41) is 3.04. The Hall–Kier alpha value is -0.570. The first-order valence-electron chi connectivity index (χ1n) is 6.71. The summed E-state index contributed by atoms with van der Waals surface area (Å²) in [6.07, 6.45) is 9.57. The summed E-state index contributed by atoms with van der Waals surface area (Å²) in [6, 6.07) is 0. The highest BCUT2D eigenvalue weighted by Crippen LogP contribution is 2.43. The highest BCUT2D eigenvalue weighted by molar-refractivity contribution is 5.75. The smallest absolute Gasteiger partial charge is 0.220 e. The zero-order valence-electron chi connectivity index (χ0n) is 10.1. The topological polar surface area (TPSA) is 55.1 Å². The number of hydrogen-bond acceptors (Lipinski definition) is 2. The maximum Gasteiger partial charge on any atom is 0.220 e. The molecule has 0 aliphatic heterocycles. The zero-order chi connectivity index (χ0) is 11.4. The second kappa shape index (κ2) is 5.17. The van der Waals surface area contributed by atoms with Crippen molar-refractivity contribution in [2.75, 3.05) is 13.1 Å². The van der Waals surface area contributed by atoms with E-state index in [1.54, 1.807) is 0 Å². The van der Waals surface area contributed by atoms with Crippen LogP contribution in [-0.4, -0.2) is 19.0 Å². The van der Waals surface area contributed by atoms with Gasteiger partial charge >= 0.3 is 0 Å². The van der Waals surface area contributed by atoms with E-state index in [-0.39, 0.29) is 11.3 Å². The molecule has 3 nitrogen and oxygen atoms in total. The van der Waals surface area contributed by atoms with Gasteiger partial charge in [-0.2, -0.15) is 0 Å². The van der Waals surface area contributed by atoms with Gasteiger partial charge in [-0.25, -0.2) is 0 Å². The van der Waals surface area contributed by atoms with E-state index in [1.807, 2.05) is 0 Å². The second-order valence-corrected chi connectivity index (χ2v) is 5.67. The first-order valence-corrected chi connectivity index (χ1v) is 6.71.